The van der Waals surface area contributed by atoms with Crippen molar-refractivity contribution in [3.8, 4) is 5.75 Å². The Morgan fingerprint density at radius 2 is 1.29 bits per heavy atom. The smallest absolute Gasteiger partial charge is 0.338 e. The van der Waals surface area contributed by atoms with Gasteiger partial charge in [0.25, 0.3) is 0 Å². The minimum absolute atomic E-state index is 0.335. The van der Waals surface area contributed by atoms with E-state index in [9.17, 15) is 9.90 Å². The van der Waals surface area contributed by atoms with Crippen molar-refractivity contribution in [1.29, 1.82) is 0 Å². The van der Waals surface area contributed by atoms with Crippen molar-refractivity contribution < 1.29 is 15.0 Å². The Balaban J connectivity index is 3.68. The van der Waals surface area contributed by atoms with E-state index in [0.29, 0.717) is 0 Å². The van der Waals surface area contributed by atoms with Crippen LogP contribution in [0.5, 0.6) is 5.75 Å². The van der Waals surface area contributed by atoms with E-state index in [0.717, 1.165) is 0 Å². The van der Waals surface area contributed by atoms with E-state index < -0.39 is 17.3 Å². The van der Waals surface area contributed by atoms with Crippen molar-refractivity contribution in [2.75, 3.05) is 0 Å². The van der Waals surface area contributed by atoms with Crippen LogP contribution in [0.4, 0.5) is 0 Å². The van der Waals surface area contributed by atoms with Crippen LogP contribution in [-0.4, -0.2) is 16.2 Å². The highest BCUT2D eigenvalue weighted by Gasteiger charge is 2.23. The van der Waals surface area contributed by atoms with Crippen LogP contribution in [-0.2, 0) is 0 Å². The molecule has 14 heavy (non-hydrogen) atoms. The molecular weight excluding hydrogens is 274 g/mol. The zero-order chi connectivity index (χ0) is 11.0. The van der Waals surface area contributed by atoms with E-state index in [1.807, 2.05) is 0 Å². The van der Waals surface area contributed by atoms with Crippen LogP contribution in [0.1, 0.15) is 10.4 Å². The second-order valence-corrected chi connectivity index (χ2v) is 3.80. The highest BCUT2D eigenvalue weighted by atomic mass is 35.5. The van der Waals surface area contributed by atoms with Gasteiger partial charge in [-0.05, 0) is 0 Å². The molecule has 3 nitrogen and oxygen atoms in total. The van der Waals surface area contributed by atoms with Gasteiger partial charge in [0.05, 0.1) is 15.6 Å². The molecule has 2 N–H and O–H groups in total. The lowest BCUT2D eigenvalue weighted by atomic mass is 10.2. The molecule has 0 aliphatic rings. The zero-order valence-electron chi connectivity index (χ0n) is 6.31. The van der Waals surface area contributed by atoms with Crippen LogP contribution in [0, 0.1) is 0 Å². The van der Waals surface area contributed by atoms with Crippen molar-refractivity contribution in [1.82, 2.24) is 0 Å². The molecule has 0 aromatic heterocycles. The number of benzene rings is 1. The van der Waals surface area contributed by atoms with Gasteiger partial charge in [-0.25, -0.2) is 4.79 Å². The largest absolute Gasteiger partial charge is 0.505 e. The van der Waals surface area contributed by atoms with Gasteiger partial charge < -0.3 is 10.2 Å². The van der Waals surface area contributed by atoms with Crippen LogP contribution < -0.4 is 0 Å². The van der Waals surface area contributed by atoms with Gasteiger partial charge >= 0.3 is 5.97 Å². The minimum Gasteiger partial charge on any atom is -0.505 e. The van der Waals surface area contributed by atoms with E-state index in [1.165, 1.54) is 0 Å². The first-order valence-electron chi connectivity index (χ1n) is 3.16. The van der Waals surface area contributed by atoms with Crippen molar-refractivity contribution in [2.45, 2.75) is 0 Å². The summed E-state index contributed by atoms with van der Waals surface area (Å²) >= 11 is 22.1. The topological polar surface area (TPSA) is 57.5 Å². The molecule has 0 fully saturated rings. The Morgan fingerprint density at radius 3 is 1.57 bits per heavy atom. The summed E-state index contributed by atoms with van der Waals surface area (Å²) in [5.74, 6) is -1.91. The summed E-state index contributed by atoms with van der Waals surface area (Å²) in [5.41, 5.74) is -0.430. The molecule has 1 rings (SSSR count). The summed E-state index contributed by atoms with van der Waals surface area (Å²) in [6, 6.07) is 0. The Labute approximate surface area is 98.8 Å². The highest BCUT2D eigenvalue weighted by molar-refractivity contribution is 6.51. The van der Waals surface area contributed by atoms with E-state index in [2.05, 4.69) is 0 Å². The van der Waals surface area contributed by atoms with E-state index in [-0.39, 0.29) is 20.1 Å². The Kier molecular flexibility index (Phi) is 3.37. The Hall–Kier alpha value is -0.350. The first-order valence-corrected chi connectivity index (χ1v) is 4.67. The summed E-state index contributed by atoms with van der Waals surface area (Å²) in [6.45, 7) is 0. The van der Waals surface area contributed by atoms with Crippen LogP contribution in [0.25, 0.3) is 0 Å². The molecular formula is C7H2Cl4O3. The van der Waals surface area contributed by atoms with Gasteiger partial charge in [0.2, 0.25) is 0 Å². The maximum atomic E-state index is 10.7. The average Bonchev–Trinajstić information content (AvgIpc) is 2.11. The number of carboxylic acids is 1. The fraction of sp³-hybridized carbons (Fsp3) is 0. The summed E-state index contributed by atoms with van der Waals surface area (Å²) in [7, 11) is 0. The Morgan fingerprint density at radius 1 is 0.929 bits per heavy atom. The molecule has 0 heterocycles. The third-order valence-corrected chi connectivity index (χ3v) is 3.14. The maximum absolute atomic E-state index is 10.7. The fourth-order valence-electron chi connectivity index (χ4n) is 0.808. The van der Waals surface area contributed by atoms with Gasteiger partial charge in [0.15, 0.2) is 5.75 Å². The molecule has 0 saturated carbocycles. The van der Waals surface area contributed by atoms with Gasteiger partial charge in [-0.1, -0.05) is 46.4 Å². The number of hydrogen-bond acceptors (Lipinski definition) is 2. The van der Waals surface area contributed by atoms with Gasteiger partial charge in [0, 0.05) is 0 Å². The monoisotopic (exact) mass is 274 g/mol. The third kappa shape index (κ3) is 1.73. The molecule has 0 aliphatic heterocycles. The normalized spacial score (nSPS) is 10.3. The number of halogens is 4. The van der Waals surface area contributed by atoms with E-state index in [4.69, 9.17) is 51.5 Å². The second-order valence-electron chi connectivity index (χ2n) is 2.28. The van der Waals surface area contributed by atoms with Crippen molar-refractivity contribution in [3.05, 3.63) is 25.7 Å². The predicted octanol–water partition coefficient (Wildman–Crippen LogP) is 3.70. The number of aromatic carboxylic acids is 1. The molecule has 0 saturated heterocycles. The number of phenolic OH excluding ortho intramolecular Hbond substituents is 1. The van der Waals surface area contributed by atoms with Gasteiger partial charge in [-0.3, -0.25) is 0 Å². The minimum atomic E-state index is -1.37. The van der Waals surface area contributed by atoms with Gasteiger partial charge in [0.1, 0.15) is 10.0 Å². The molecule has 0 aliphatic carbocycles. The summed E-state index contributed by atoms with van der Waals surface area (Å²) in [4.78, 5) is 10.7. The molecule has 1 aromatic rings. The highest BCUT2D eigenvalue weighted by Crippen LogP contribution is 2.45. The summed E-state index contributed by atoms with van der Waals surface area (Å²) in [6.07, 6.45) is 0. The van der Waals surface area contributed by atoms with E-state index >= 15 is 0 Å². The molecule has 0 atom stereocenters. The first-order chi connectivity index (χ1) is 6.37. The molecule has 1 aromatic carbocycles. The SMILES string of the molecule is O=C(O)c1c(Cl)c(Cl)c(O)c(Cl)c1Cl. The summed E-state index contributed by atoms with van der Waals surface area (Å²) < 4.78 is 0. The Bertz CT molecular complexity index is 387. The standard InChI is InChI=1S/C7H2Cl4O3/c8-2-1(7(13)14)3(9)5(11)6(12)4(2)10/h12H,(H,13,14). The van der Waals surface area contributed by atoms with Crippen molar-refractivity contribution in [2.24, 2.45) is 0 Å². The second kappa shape index (κ2) is 4.03. The van der Waals surface area contributed by atoms with Crippen LogP contribution in [0.15, 0.2) is 0 Å². The molecule has 7 heteroatoms. The lowest BCUT2D eigenvalue weighted by Crippen LogP contribution is -2.00. The van der Waals surface area contributed by atoms with Crippen LogP contribution in [0.3, 0.4) is 0 Å². The third-order valence-electron chi connectivity index (χ3n) is 1.45. The van der Waals surface area contributed by atoms with Crippen molar-refractivity contribution in [3.63, 3.8) is 0 Å². The molecule has 0 bridgehead atoms. The van der Waals surface area contributed by atoms with Gasteiger partial charge in [-0.15, -0.1) is 0 Å². The lowest BCUT2D eigenvalue weighted by molar-refractivity contribution is 0.0697. The van der Waals surface area contributed by atoms with Crippen LogP contribution in [0.2, 0.25) is 20.1 Å². The van der Waals surface area contributed by atoms with Crippen molar-refractivity contribution >= 4 is 52.4 Å². The molecule has 0 radical (unpaired) electrons. The first kappa shape index (κ1) is 11.7. The predicted molar refractivity (Wildman–Crippen MR) is 55.1 cm³/mol. The molecule has 0 unspecified atom stereocenters. The average molecular weight is 276 g/mol. The zero-order valence-corrected chi connectivity index (χ0v) is 9.34. The summed E-state index contributed by atoms with van der Waals surface area (Å²) in [5, 5.41) is 16.6. The maximum Gasteiger partial charge on any atom is 0.338 e. The number of hydrogen-bond donors (Lipinski definition) is 2. The molecule has 0 spiro atoms. The quantitative estimate of drug-likeness (QED) is 0.769. The number of phenols is 1. The lowest BCUT2D eigenvalue weighted by Gasteiger charge is -2.08. The number of carbonyl (C=O) groups is 1. The van der Waals surface area contributed by atoms with E-state index in [1.54, 1.807) is 0 Å². The van der Waals surface area contributed by atoms with Gasteiger partial charge in [-0.2, -0.15) is 0 Å². The molecule has 76 valence electrons. The number of carboxylic acid groups (broad SMARTS) is 1. The number of rotatable bonds is 1. The van der Waals surface area contributed by atoms with Crippen LogP contribution >= 0.6 is 46.4 Å². The number of aromatic hydroxyl groups is 1. The fourth-order valence-corrected chi connectivity index (χ4v) is 1.81. The molecule has 0 amide bonds.